The summed E-state index contributed by atoms with van der Waals surface area (Å²) in [5, 5.41) is 15.3. The number of methoxy groups -OCH3 is 1. The Hall–Kier alpha value is -4.28. The maximum atomic E-state index is 12.6. The van der Waals surface area contributed by atoms with Gasteiger partial charge in [0.25, 0.3) is 11.8 Å². The molecule has 0 radical (unpaired) electrons. The highest BCUT2D eigenvalue weighted by atomic mass is 35.5. The van der Waals surface area contributed by atoms with Crippen molar-refractivity contribution in [2.75, 3.05) is 24.4 Å². The van der Waals surface area contributed by atoms with E-state index in [1.54, 1.807) is 61.7 Å². The lowest BCUT2D eigenvalue weighted by Gasteiger charge is -2.11. The van der Waals surface area contributed by atoms with Crippen molar-refractivity contribution in [3.05, 3.63) is 88.5 Å². The predicted octanol–water partition coefficient (Wildman–Crippen LogP) is 5.22. The Morgan fingerprint density at radius 2 is 1.65 bits per heavy atom. The summed E-state index contributed by atoms with van der Waals surface area (Å²) in [5.74, 6) is -0.0168. The third kappa shape index (κ3) is 6.86. The standard InChI is InChI=1S/C26H22ClN3O4/c1-17-3-6-21(7-4-17)29-25(31)16-34-24-12-5-20(27)14-18(24)13-19(15-28)26(32)30-22-8-10-23(33-2)11-9-22/h3-14H,16H2,1-2H3,(H,29,31)(H,30,32)/b19-13+. The minimum atomic E-state index is -0.601. The third-order valence-electron chi connectivity index (χ3n) is 4.68. The second kappa shape index (κ2) is 11.5. The van der Waals surface area contributed by atoms with Crippen molar-refractivity contribution >= 4 is 40.9 Å². The summed E-state index contributed by atoms with van der Waals surface area (Å²) < 4.78 is 10.7. The summed E-state index contributed by atoms with van der Waals surface area (Å²) in [6, 6.07) is 20.7. The lowest BCUT2D eigenvalue weighted by Crippen LogP contribution is -2.20. The van der Waals surface area contributed by atoms with Crippen LogP contribution in [0.5, 0.6) is 11.5 Å². The maximum Gasteiger partial charge on any atom is 0.266 e. The van der Waals surface area contributed by atoms with Gasteiger partial charge in [0, 0.05) is 22.0 Å². The molecule has 0 aromatic heterocycles. The first-order valence-corrected chi connectivity index (χ1v) is 10.6. The number of aryl methyl sites for hydroxylation is 1. The first-order chi connectivity index (χ1) is 16.4. The molecule has 7 nitrogen and oxygen atoms in total. The van der Waals surface area contributed by atoms with E-state index in [0.717, 1.165) is 5.56 Å². The SMILES string of the molecule is COc1ccc(NC(=O)/C(C#N)=C/c2cc(Cl)ccc2OCC(=O)Nc2ccc(C)cc2)cc1. The smallest absolute Gasteiger partial charge is 0.266 e. The van der Waals surface area contributed by atoms with Crippen LogP contribution in [0.25, 0.3) is 6.08 Å². The molecule has 0 fully saturated rings. The van der Waals surface area contributed by atoms with E-state index < -0.39 is 5.91 Å². The molecule has 3 aromatic rings. The van der Waals surface area contributed by atoms with E-state index in [0.29, 0.717) is 33.5 Å². The summed E-state index contributed by atoms with van der Waals surface area (Å²) in [5.41, 5.74) is 2.46. The normalized spacial score (nSPS) is 10.7. The van der Waals surface area contributed by atoms with Crippen molar-refractivity contribution in [1.82, 2.24) is 0 Å². The van der Waals surface area contributed by atoms with E-state index in [1.807, 2.05) is 25.1 Å². The van der Waals surface area contributed by atoms with Crippen LogP contribution < -0.4 is 20.1 Å². The van der Waals surface area contributed by atoms with E-state index in [-0.39, 0.29) is 18.1 Å². The number of hydrogen-bond donors (Lipinski definition) is 2. The van der Waals surface area contributed by atoms with Gasteiger partial charge in [-0.15, -0.1) is 0 Å². The number of carbonyl (C=O) groups excluding carboxylic acids is 2. The summed E-state index contributed by atoms with van der Waals surface area (Å²) in [7, 11) is 1.54. The number of nitrogens with zero attached hydrogens (tertiary/aromatic N) is 1. The molecule has 0 atom stereocenters. The second-order valence-electron chi connectivity index (χ2n) is 7.24. The molecule has 0 aliphatic rings. The van der Waals surface area contributed by atoms with Crippen LogP contribution in [0.1, 0.15) is 11.1 Å². The molecule has 0 bridgehead atoms. The van der Waals surface area contributed by atoms with Crippen molar-refractivity contribution < 1.29 is 19.1 Å². The molecule has 8 heteroatoms. The second-order valence-corrected chi connectivity index (χ2v) is 7.67. The van der Waals surface area contributed by atoms with Crippen LogP contribution in [0.2, 0.25) is 5.02 Å². The number of ether oxygens (including phenoxy) is 2. The number of hydrogen-bond acceptors (Lipinski definition) is 5. The van der Waals surface area contributed by atoms with Crippen molar-refractivity contribution in [2.24, 2.45) is 0 Å². The van der Waals surface area contributed by atoms with Crippen LogP contribution in [0.3, 0.4) is 0 Å². The van der Waals surface area contributed by atoms with E-state index in [2.05, 4.69) is 10.6 Å². The van der Waals surface area contributed by atoms with Crippen LogP contribution in [0.15, 0.2) is 72.3 Å². The lowest BCUT2D eigenvalue weighted by molar-refractivity contribution is -0.118. The van der Waals surface area contributed by atoms with Crippen molar-refractivity contribution in [3.63, 3.8) is 0 Å². The van der Waals surface area contributed by atoms with Gasteiger partial charge in [0.1, 0.15) is 23.1 Å². The highest BCUT2D eigenvalue weighted by molar-refractivity contribution is 6.30. The van der Waals surface area contributed by atoms with Gasteiger partial charge >= 0.3 is 0 Å². The number of nitriles is 1. The van der Waals surface area contributed by atoms with E-state index in [4.69, 9.17) is 21.1 Å². The zero-order valence-electron chi connectivity index (χ0n) is 18.6. The van der Waals surface area contributed by atoms with Crippen LogP contribution in [0.4, 0.5) is 11.4 Å². The number of nitrogens with one attached hydrogen (secondary N) is 2. The Kier molecular flexibility index (Phi) is 8.27. The van der Waals surface area contributed by atoms with Gasteiger partial charge in [-0.3, -0.25) is 9.59 Å². The summed E-state index contributed by atoms with van der Waals surface area (Å²) >= 11 is 6.10. The minimum Gasteiger partial charge on any atom is -0.497 e. The number of carbonyl (C=O) groups is 2. The molecule has 2 amide bonds. The Balaban J connectivity index is 1.72. The minimum absolute atomic E-state index is 0.160. The topological polar surface area (TPSA) is 100 Å². The van der Waals surface area contributed by atoms with Crippen LogP contribution >= 0.6 is 11.6 Å². The van der Waals surface area contributed by atoms with E-state index in [9.17, 15) is 14.9 Å². The van der Waals surface area contributed by atoms with Gasteiger partial charge in [-0.05, 0) is 67.6 Å². The highest BCUT2D eigenvalue weighted by Crippen LogP contribution is 2.26. The van der Waals surface area contributed by atoms with Gasteiger partial charge in [0.2, 0.25) is 0 Å². The fourth-order valence-electron chi connectivity index (χ4n) is 2.92. The van der Waals surface area contributed by atoms with Gasteiger partial charge in [-0.2, -0.15) is 5.26 Å². The molecular weight excluding hydrogens is 454 g/mol. The molecule has 0 spiro atoms. The van der Waals surface area contributed by atoms with Crippen LogP contribution in [-0.4, -0.2) is 25.5 Å². The lowest BCUT2D eigenvalue weighted by atomic mass is 10.1. The average Bonchev–Trinajstić information content (AvgIpc) is 2.83. The van der Waals surface area contributed by atoms with Crippen LogP contribution in [-0.2, 0) is 9.59 Å². The van der Waals surface area contributed by atoms with Gasteiger partial charge < -0.3 is 20.1 Å². The first-order valence-electron chi connectivity index (χ1n) is 10.2. The van der Waals surface area contributed by atoms with E-state index >= 15 is 0 Å². The monoisotopic (exact) mass is 475 g/mol. The molecule has 3 aromatic carbocycles. The number of rotatable bonds is 8. The Bertz CT molecular complexity index is 1250. The van der Waals surface area contributed by atoms with E-state index in [1.165, 1.54) is 6.08 Å². The predicted molar refractivity (Wildman–Crippen MR) is 132 cm³/mol. The zero-order valence-corrected chi connectivity index (χ0v) is 19.3. The van der Waals surface area contributed by atoms with Gasteiger partial charge in [0.05, 0.1) is 7.11 Å². The quantitative estimate of drug-likeness (QED) is 0.343. The molecule has 0 unspecified atom stereocenters. The molecule has 2 N–H and O–H groups in total. The zero-order chi connectivity index (χ0) is 24.5. The molecule has 3 rings (SSSR count). The van der Waals surface area contributed by atoms with Crippen molar-refractivity contribution in [1.29, 1.82) is 5.26 Å². The summed E-state index contributed by atoms with van der Waals surface area (Å²) in [4.78, 5) is 24.9. The summed E-state index contributed by atoms with van der Waals surface area (Å²) in [6.07, 6.45) is 1.36. The fraction of sp³-hybridized carbons (Fsp3) is 0.115. The number of anilines is 2. The largest absolute Gasteiger partial charge is 0.497 e. The molecule has 0 saturated carbocycles. The summed E-state index contributed by atoms with van der Waals surface area (Å²) in [6.45, 7) is 1.69. The molecule has 172 valence electrons. The molecule has 0 aliphatic heterocycles. The molecular formula is C26H22ClN3O4. The highest BCUT2D eigenvalue weighted by Gasteiger charge is 2.13. The van der Waals surface area contributed by atoms with Crippen LogP contribution in [0, 0.1) is 18.3 Å². The number of amides is 2. The van der Waals surface area contributed by atoms with Gasteiger partial charge in [-0.25, -0.2) is 0 Å². The number of halogens is 1. The maximum absolute atomic E-state index is 12.6. The molecule has 0 heterocycles. The Morgan fingerprint density at radius 1 is 1.00 bits per heavy atom. The van der Waals surface area contributed by atoms with Crippen molar-refractivity contribution in [2.45, 2.75) is 6.92 Å². The van der Waals surface area contributed by atoms with Crippen molar-refractivity contribution in [3.8, 4) is 17.6 Å². The van der Waals surface area contributed by atoms with Gasteiger partial charge in [-0.1, -0.05) is 29.3 Å². The number of benzene rings is 3. The Morgan fingerprint density at radius 3 is 2.29 bits per heavy atom. The first kappa shape index (κ1) is 24.4. The average molecular weight is 476 g/mol. The molecule has 0 aliphatic carbocycles. The third-order valence-corrected chi connectivity index (χ3v) is 4.91. The Labute approximate surface area is 202 Å². The van der Waals surface area contributed by atoms with Gasteiger partial charge in [0.15, 0.2) is 6.61 Å². The fourth-order valence-corrected chi connectivity index (χ4v) is 3.10. The molecule has 34 heavy (non-hydrogen) atoms. The molecule has 0 saturated heterocycles.